The van der Waals surface area contributed by atoms with E-state index >= 15 is 0 Å². The first-order valence-electron chi connectivity index (χ1n) is 7.19. The standard InChI is InChI=1S/C16H22N2O2S/c1-11-6-7-13-12(10-11)14(17)15(21-13)16(20)18(2)8-4-3-5-9-19/h6-7,10,19H,3-5,8-9,17H2,1-2H3. The van der Waals surface area contributed by atoms with Crippen LogP contribution in [0, 0.1) is 6.92 Å². The number of hydrogen-bond acceptors (Lipinski definition) is 4. The van der Waals surface area contributed by atoms with Crippen LogP contribution in [0.2, 0.25) is 0 Å². The SMILES string of the molecule is Cc1ccc2sc(C(=O)N(C)CCCCCO)c(N)c2c1. The Labute approximate surface area is 129 Å². The lowest BCUT2D eigenvalue weighted by molar-refractivity contribution is 0.0798. The number of aliphatic hydroxyl groups is 1. The number of rotatable bonds is 6. The highest BCUT2D eigenvalue weighted by molar-refractivity contribution is 7.21. The molecule has 0 aliphatic rings. The minimum Gasteiger partial charge on any atom is -0.397 e. The van der Waals surface area contributed by atoms with E-state index in [1.54, 1.807) is 11.9 Å². The van der Waals surface area contributed by atoms with Gasteiger partial charge in [0.05, 0.1) is 5.69 Å². The van der Waals surface area contributed by atoms with Gasteiger partial charge in [-0.2, -0.15) is 0 Å². The lowest BCUT2D eigenvalue weighted by Gasteiger charge is -2.16. The average Bonchev–Trinajstić information content (AvgIpc) is 2.79. The first-order chi connectivity index (χ1) is 10.0. The van der Waals surface area contributed by atoms with E-state index < -0.39 is 0 Å². The molecule has 1 amide bonds. The van der Waals surface area contributed by atoms with Gasteiger partial charge in [-0.3, -0.25) is 4.79 Å². The van der Waals surface area contributed by atoms with Crippen LogP contribution in [0.3, 0.4) is 0 Å². The Morgan fingerprint density at radius 3 is 2.81 bits per heavy atom. The molecule has 0 spiro atoms. The summed E-state index contributed by atoms with van der Waals surface area (Å²) < 4.78 is 1.05. The number of amides is 1. The average molecular weight is 306 g/mol. The molecule has 1 heterocycles. The zero-order valence-electron chi connectivity index (χ0n) is 12.6. The second-order valence-corrected chi connectivity index (χ2v) is 6.41. The molecule has 1 aromatic heterocycles. The summed E-state index contributed by atoms with van der Waals surface area (Å²) in [5, 5.41) is 9.73. The molecule has 0 atom stereocenters. The summed E-state index contributed by atoms with van der Waals surface area (Å²) in [6, 6.07) is 6.08. The summed E-state index contributed by atoms with van der Waals surface area (Å²) >= 11 is 1.46. The van der Waals surface area contributed by atoms with Crippen LogP contribution in [0.1, 0.15) is 34.5 Å². The summed E-state index contributed by atoms with van der Waals surface area (Å²) in [7, 11) is 1.80. The normalized spacial score (nSPS) is 11.0. The minimum absolute atomic E-state index is 0.0182. The van der Waals surface area contributed by atoms with Crippen LogP contribution in [-0.4, -0.2) is 36.1 Å². The highest BCUT2D eigenvalue weighted by atomic mass is 32.1. The zero-order chi connectivity index (χ0) is 15.4. The Balaban J connectivity index is 2.13. The third kappa shape index (κ3) is 3.54. The van der Waals surface area contributed by atoms with Crippen molar-refractivity contribution in [3.63, 3.8) is 0 Å². The number of fused-ring (bicyclic) bond motifs is 1. The highest BCUT2D eigenvalue weighted by Crippen LogP contribution is 2.34. The molecule has 4 nitrogen and oxygen atoms in total. The molecule has 2 aromatic rings. The number of aliphatic hydroxyl groups excluding tert-OH is 1. The molecule has 0 saturated carbocycles. The van der Waals surface area contributed by atoms with Crippen LogP contribution >= 0.6 is 11.3 Å². The molecule has 0 unspecified atom stereocenters. The van der Waals surface area contributed by atoms with Crippen LogP contribution in [0.4, 0.5) is 5.69 Å². The molecule has 21 heavy (non-hydrogen) atoms. The van der Waals surface area contributed by atoms with Gasteiger partial charge in [-0.1, -0.05) is 11.6 Å². The first-order valence-corrected chi connectivity index (χ1v) is 8.01. The topological polar surface area (TPSA) is 66.6 Å². The number of thiophene rings is 1. The Morgan fingerprint density at radius 2 is 2.10 bits per heavy atom. The number of aryl methyl sites for hydroxylation is 1. The fourth-order valence-electron chi connectivity index (χ4n) is 2.30. The number of hydrogen-bond donors (Lipinski definition) is 2. The molecule has 3 N–H and O–H groups in total. The van der Waals surface area contributed by atoms with Crippen molar-refractivity contribution < 1.29 is 9.90 Å². The van der Waals surface area contributed by atoms with Crippen LogP contribution in [0.25, 0.3) is 10.1 Å². The van der Waals surface area contributed by atoms with E-state index in [4.69, 9.17) is 10.8 Å². The summed E-state index contributed by atoms with van der Waals surface area (Å²) in [6.07, 6.45) is 2.61. The monoisotopic (exact) mass is 306 g/mol. The maximum absolute atomic E-state index is 12.5. The Bertz CT molecular complexity index is 636. The summed E-state index contributed by atoms with van der Waals surface area (Å²) in [4.78, 5) is 14.8. The van der Waals surface area contributed by atoms with Gasteiger partial charge in [-0.25, -0.2) is 0 Å². The first kappa shape index (κ1) is 15.8. The molecular weight excluding hydrogens is 284 g/mol. The van der Waals surface area contributed by atoms with Gasteiger partial charge < -0.3 is 15.7 Å². The van der Waals surface area contributed by atoms with Crippen LogP contribution in [0.5, 0.6) is 0 Å². The quantitative estimate of drug-likeness (QED) is 0.806. The predicted octanol–water partition coefficient (Wildman–Crippen LogP) is 3.03. The van der Waals surface area contributed by atoms with Gasteiger partial charge in [0, 0.05) is 30.3 Å². The zero-order valence-corrected chi connectivity index (χ0v) is 13.4. The summed E-state index contributed by atoms with van der Waals surface area (Å²) in [6.45, 7) is 2.91. The molecule has 0 fully saturated rings. The molecule has 0 aliphatic heterocycles. The van der Waals surface area contributed by atoms with Gasteiger partial charge in [-0.15, -0.1) is 11.3 Å². The van der Waals surface area contributed by atoms with E-state index in [2.05, 4.69) is 0 Å². The molecule has 114 valence electrons. The second-order valence-electron chi connectivity index (χ2n) is 5.36. The van der Waals surface area contributed by atoms with Crippen molar-refractivity contribution >= 4 is 33.0 Å². The van der Waals surface area contributed by atoms with Crippen molar-refractivity contribution in [2.24, 2.45) is 0 Å². The Hall–Kier alpha value is -1.59. The van der Waals surface area contributed by atoms with Crippen molar-refractivity contribution in [1.29, 1.82) is 0 Å². The van der Waals surface area contributed by atoms with Crippen LogP contribution in [-0.2, 0) is 0 Å². The van der Waals surface area contributed by atoms with Crippen molar-refractivity contribution in [3.8, 4) is 0 Å². The van der Waals surface area contributed by atoms with E-state index in [0.717, 1.165) is 34.9 Å². The third-order valence-corrected chi connectivity index (χ3v) is 4.75. The summed E-state index contributed by atoms with van der Waals surface area (Å²) in [5.41, 5.74) is 7.88. The molecule has 0 bridgehead atoms. The van der Waals surface area contributed by atoms with Crippen molar-refractivity contribution in [2.75, 3.05) is 25.9 Å². The lowest BCUT2D eigenvalue weighted by atomic mass is 10.1. The third-order valence-electron chi connectivity index (χ3n) is 3.57. The molecule has 5 heteroatoms. The van der Waals surface area contributed by atoms with Gasteiger partial charge >= 0.3 is 0 Å². The fourth-order valence-corrected chi connectivity index (χ4v) is 3.40. The Morgan fingerprint density at radius 1 is 1.33 bits per heavy atom. The molecule has 0 aliphatic carbocycles. The highest BCUT2D eigenvalue weighted by Gasteiger charge is 2.19. The molecule has 0 radical (unpaired) electrons. The number of benzene rings is 1. The number of carbonyl (C=O) groups is 1. The number of carbonyl (C=O) groups excluding carboxylic acids is 1. The Kier molecular flexibility index (Phi) is 5.20. The number of anilines is 1. The van der Waals surface area contributed by atoms with E-state index in [0.29, 0.717) is 17.1 Å². The van der Waals surface area contributed by atoms with Crippen molar-refractivity contribution in [2.45, 2.75) is 26.2 Å². The van der Waals surface area contributed by atoms with E-state index in [9.17, 15) is 4.79 Å². The molecule has 1 aromatic carbocycles. The van der Waals surface area contributed by atoms with Gasteiger partial charge in [0.2, 0.25) is 0 Å². The maximum Gasteiger partial charge on any atom is 0.265 e. The minimum atomic E-state index is -0.0182. The summed E-state index contributed by atoms with van der Waals surface area (Å²) in [5.74, 6) is -0.0182. The van der Waals surface area contributed by atoms with Gasteiger partial charge in [-0.05, 0) is 38.3 Å². The second kappa shape index (κ2) is 6.91. The van der Waals surface area contributed by atoms with Gasteiger partial charge in [0.15, 0.2) is 0 Å². The largest absolute Gasteiger partial charge is 0.397 e. The maximum atomic E-state index is 12.5. The molecule has 0 saturated heterocycles. The van der Waals surface area contributed by atoms with Crippen LogP contribution in [0.15, 0.2) is 18.2 Å². The number of unbranched alkanes of at least 4 members (excludes halogenated alkanes) is 2. The lowest BCUT2D eigenvalue weighted by Crippen LogP contribution is -2.27. The number of nitrogen functional groups attached to an aromatic ring is 1. The molecule has 2 rings (SSSR count). The smallest absolute Gasteiger partial charge is 0.265 e. The van der Waals surface area contributed by atoms with Crippen molar-refractivity contribution in [3.05, 3.63) is 28.6 Å². The van der Waals surface area contributed by atoms with Crippen LogP contribution < -0.4 is 5.73 Å². The van der Waals surface area contributed by atoms with E-state index in [1.165, 1.54) is 11.3 Å². The van der Waals surface area contributed by atoms with E-state index in [-0.39, 0.29) is 12.5 Å². The van der Waals surface area contributed by atoms with Crippen molar-refractivity contribution in [1.82, 2.24) is 4.90 Å². The van der Waals surface area contributed by atoms with Gasteiger partial charge in [0.25, 0.3) is 5.91 Å². The fraction of sp³-hybridized carbons (Fsp3) is 0.438. The number of nitrogens with zero attached hydrogens (tertiary/aromatic N) is 1. The van der Waals surface area contributed by atoms with Gasteiger partial charge in [0.1, 0.15) is 4.88 Å². The predicted molar refractivity (Wildman–Crippen MR) is 88.9 cm³/mol. The van der Waals surface area contributed by atoms with E-state index in [1.807, 2.05) is 25.1 Å². The number of nitrogens with two attached hydrogens (primary N) is 1. The molecular formula is C16H22N2O2S.